The minimum absolute atomic E-state index is 0.199. The van der Waals surface area contributed by atoms with E-state index in [0.29, 0.717) is 12.4 Å². The number of carbonyl (C=O) groups excluding carboxylic acids is 1. The van der Waals surface area contributed by atoms with Crippen LogP contribution in [-0.4, -0.2) is 25.2 Å². The van der Waals surface area contributed by atoms with E-state index in [0.717, 1.165) is 22.6 Å². The van der Waals surface area contributed by atoms with Crippen molar-refractivity contribution in [3.05, 3.63) is 72.1 Å². The Kier molecular flexibility index (Phi) is 6.45. The third-order valence-electron chi connectivity index (χ3n) is 4.62. The summed E-state index contributed by atoms with van der Waals surface area (Å²) in [6.07, 6.45) is 1.62. The van der Waals surface area contributed by atoms with Crippen LogP contribution in [0.1, 0.15) is 24.2 Å². The second-order valence-electron chi connectivity index (χ2n) is 6.45. The van der Waals surface area contributed by atoms with Crippen molar-refractivity contribution >= 4 is 5.97 Å². The third-order valence-corrected chi connectivity index (χ3v) is 4.62. The van der Waals surface area contributed by atoms with Gasteiger partial charge in [0.1, 0.15) is 12.0 Å². The summed E-state index contributed by atoms with van der Waals surface area (Å²) in [5.41, 5.74) is 2.64. The molecule has 6 nitrogen and oxygen atoms in total. The first-order valence-electron chi connectivity index (χ1n) is 9.07. The summed E-state index contributed by atoms with van der Waals surface area (Å²) in [4.78, 5) is 16.6. The van der Waals surface area contributed by atoms with Crippen molar-refractivity contribution in [1.29, 1.82) is 0 Å². The molecule has 2 atom stereocenters. The molecule has 3 rings (SSSR count). The first-order valence-corrected chi connectivity index (χ1v) is 9.07. The Labute approximate surface area is 164 Å². The van der Waals surface area contributed by atoms with E-state index in [1.807, 2.05) is 61.5 Å². The topological polar surface area (TPSA) is 73.6 Å². The van der Waals surface area contributed by atoms with Gasteiger partial charge in [0.15, 0.2) is 0 Å². The molecule has 28 heavy (non-hydrogen) atoms. The molecular formula is C22H24N2O4. The van der Waals surface area contributed by atoms with E-state index in [9.17, 15) is 4.79 Å². The van der Waals surface area contributed by atoms with Crippen LogP contribution in [0, 0.1) is 5.92 Å². The fourth-order valence-electron chi connectivity index (χ4n) is 3.03. The van der Waals surface area contributed by atoms with Gasteiger partial charge in [0.2, 0.25) is 5.89 Å². The van der Waals surface area contributed by atoms with Gasteiger partial charge in [-0.05, 0) is 29.8 Å². The summed E-state index contributed by atoms with van der Waals surface area (Å²) in [6.45, 7) is 2.31. The normalized spacial score (nSPS) is 13.0. The molecule has 0 bridgehead atoms. The highest BCUT2D eigenvalue weighted by molar-refractivity contribution is 5.73. The Morgan fingerprint density at radius 1 is 1.11 bits per heavy atom. The molecule has 2 aromatic carbocycles. The molecule has 0 saturated heterocycles. The summed E-state index contributed by atoms with van der Waals surface area (Å²) in [6, 6.07) is 17.1. The third kappa shape index (κ3) is 4.58. The molecule has 1 N–H and O–H groups in total. The molecule has 6 heteroatoms. The average Bonchev–Trinajstić information content (AvgIpc) is 3.23. The van der Waals surface area contributed by atoms with E-state index in [1.54, 1.807) is 13.4 Å². The molecule has 0 unspecified atom stereocenters. The predicted octanol–water partition coefficient (Wildman–Crippen LogP) is 3.99. The monoisotopic (exact) mass is 380 g/mol. The number of hydrogen-bond acceptors (Lipinski definition) is 6. The number of nitrogens with one attached hydrogen (secondary N) is 1. The highest BCUT2D eigenvalue weighted by atomic mass is 16.5. The van der Waals surface area contributed by atoms with Gasteiger partial charge in [0.25, 0.3) is 0 Å². The Bertz CT molecular complexity index is 890. The average molecular weight is 380 g/mol. The number of oxazole rings is 1. The highest BCUT2D eigenvalue weighted by Gasteiger charge is 2.26. The standard InChI is InChI=1S/C22H24N2O4/c1-15(22(25)27-3)20(16-7-5-4-6-8-16)23-13-18-14-28-21(24-18)17-9-11-19(26-2)12-10-17/h4-12,14-15,20,23H,13H2,1-3H3/t15-,20-/m1/s1. The smallest absolute Gasteiger partial charge is 0.310 e. The summed E-state index contributed by atoms with van der Waals surface area (Å²) < 4.78 is 15.7. The van der Waals surface area contributed by atoms with Crippen LogP contribution in [0.3, 0.4) is 0 Å². The van der Waals surface area contributed by atoms with Gasteiger partial charge in [-0.2, -0.15) is 0 Å². The van der Waals surface area contributed by atoms with Crippen molar-refractivity contribution in [1.82, 2.24) is 10.3 Å². The second-order valence-corrected chi connectivity index (χ2v) is 6.45. The van der Waals surface area contributed by atoms with Gasteiger partial charge in [0, 0.05) is 18.2 Å². The maximum Gasteiger partial charge on any atom is 0.310 e. The molecule has 0 amide bonds. The number of aromatic nitrogens is 1. The number of rotatable bonds is 8. The lowest BCUT2D eigenvalue weighted by atomic mass is 9.94. The van der Waals surface area contributed by atoms with Crippen molar-refractivity contribution in [2.75, 3.05) is 14.2 Å². The van der Waals surface area contributed by atoms with E-state index in [4.69, 9.17) is 13.9 Å². The summed E-state index contributed by atoms with van der Waals surface area (Å²) in [7, 11) is 3.03. The lowest BCUT2D eigenvalue weighted by Gasteiger charge is -2.23. The van der Waals surface area contributed by atoms with Crippen LogP contribution in [0.5, 0.6) is 5.75 Å². The number of ether oxygens (including phenoxy) is 2. The highest BCUT2D eigenvalue weighted by Crippen LogP contribution is 2.25. The van der Waals surface area contributed by atoms with Crippen molar-refractivity contribution < 1.29 is 18.7 Å². The van der Waals surface area contributed by atoms with E-state index in [2.05, 4.69) is 10.3 Å². The maximum atomic E-state index is 12.1. The van der Waals surface area contributed by atoms with Gasteiger partial charge in [-0.15, -0.1) is 0 Å². The number of carbonyl (C=O) groups is 1. The molecule has 0 radical (unpaired) electrons. The Morgan fingerprint density at radius 3 is 2.46 bits per heavy atom. The van der Waals surface area contributed by atoms with Gasteiger partial charge in [0.05, 0.1) is 25.8 Å². The van der Waals surface area contributed by atoms with Crippen molar-refractivity contribution in [3.8, 4) is 17.2 Å². The fraction of sp³-hybridized carbons (Fsp3) is 0.273. The summed E-state index contributed by atoms with van der Waals surface area (Å²) >= 11 is 0. The summed E-state index contributed by atoms with van der Waals surface area (Å²) in [5, 5.41) is 3.41. The first kappa shape index (κ1) is 19.6. The Morgan fingerprint density at radius 2 is 1.82 bits per heavy atom. The maximum absolute atomic E-state index is 12.1. The molecule has 0 aliphatic rings. The van der Waals surface area contributed by atoms with Gasteiger partial charge in [-0.1, -0.05) is 37.3 Å². The zero-order chi connectivity index (χ0) is 19.9. The molecule has 0 saturated carbocycles. The summed E-state index contributed by atoms with van der Waals surface area (Å²) in [5.74, 6) is 0.706. The molecule has 1 aromatic heterocycles. The van der Waals surface area contributed by atoms with Crippen LogP contribution in [0.25, 0.3) is 11.5 Å². The lowest BCUT2D eigenvalue weighted by molar-refractivity contribution is -0.146. The molecule has 0 aliphatic heterocycles. The van der Waals surface area contributed by atoms with E-state index in [1.165, 1.54) is 7.11 Å². The SMILES string of the molecule is COC(=O)[C@H](C)[C@@H](NCc1coc(-c2ccc(OC)cc2)n1)c1ccccc1. The lowest BCUT2D eigenvalue weighted by Crippen LogP contribution is -2.31. The van der Waals surface area contributed by atoms with Crippen LogP contribution in [0.2, 0.25) is 0 Å². The molecule has 0 fully saturated rings. The van der Waals surface area contributed by atoms with E-state index >= 15 is 0 Å². The van der Waals surface area contributed by atoms with E-state index < -0.39 is 0 Å². The fourth-order valence-corrected chi connectivity index (χ4v) is 3.03. The van der Waals surface area contributed by atoms with E-state index in [-0.39, 0.29) is 17.9 Å². The second kappa shape index (κ2) is 9.19. The Hall–Kier alpha value is -3.12. The van der Waals surface area contributed by atoms with Gasteiger partial charge >= 0.3 is 5.97 Å². The van der Waals surface area contributed by atoms with Crippen molar-refractivity contribution in [2.45, 2.75) is 19.5 Å². The zero-order valence-electron chi connectivity index (χ0n) is 16.2. The molecule has 1 heterocycles. The number of nitrogens with zero attached hydrogens (tertiary/aromatic N) is 1. The molecule has 146 valence electrons. The zero-order valence-corrected chi connectivity index (χ0v) is 16.2. The molecule has 0 spiro atoms. The number of benzene rings is 2. The van der Waals surface area contributed by atoms with Crippen LogP contribution < -0.4 is 10.1 Å². The van der Waals surface area contributed by atoms with Crippen LogP contribution in [0.15, 0.2) is 65.3 Å². The first-order chi connectivity index (χ1) is 13.6. The molecule has 0 aliphatic carbocycles. The largest absolute Gasteiger partial charge is 0.497 e. The van der Waals surface area contributed by atoms with Crippen molar-refractivity contribution in [3.63, 3.8) is 0 Å². The number of esters is 1. The van der Waals surface area contributed by atoms with Gasteiger partial charge in [-0.3, -0.25) is 4.79 Å². The Balaban J connectivity index is 1.72. The predicted molar refractivity (Wildman–Crippen MR) is 106 cm³/mol. The van der Waals surface area contributed by atoms with Gasteiger partial charge in [-0.25, -0.2) is 4.98 Å². The van der Waals surface area contributed by atoms with Gasteiger partial charge < -0.3 is 19.2 Å². The molecular weight excluding hydrogens is 356 g/mol. The molecule has 3 aromatic rings. The quantitative estimate of drug-likeness (QED) is 0.596. The number of hydrogen-bond donors (Lipinski definition) is 1. The van der Waals surface area contributed by atoms with Crippen molar-refractivity contribution in [2.24, 2.45) is 5.92 Å². The van der Waals surface area contributed by atoms with Crippen LogP contribution in [-0.2, 0) is 16.1 Å². The number of methoxy groups -OCH3 is 2. The minimum atomic E-state index is -0.347. The minimum Gasteiger partial charge on any atom is -0.497 e. The van der Waals surface area contributed by atoms with Crippen LogP contribution >= 0.6 is 0 Å². The van der Waals surface area contributed by atoms with Crippen LogP contribution in [0.4, 0.5) is 0 Å².